The first-order valence-electron chi connectivity index (χ1n) is 8.24. The third kappa shape index (κ3) is 2.71. The molecule has 2 aromatic heterocycles. The van der Waals surface area contributed by atoms with E-state index in [9.17, 15) is 4.79 Å². The molecule has 0 spiro atoms. The molecule has 0 radical (unpaired) electrons. The standard InChI is InChI=1S/C16H16N6OS2/c23-14-18-20-16(22(14)11-6-7-11)25-9-12-8-24-15-19-17-13(21(12)15)10-4-2-1-3-5-10/h1-5,11-12H,6-9H2,(H,18,23)/t12-/m1/s1. The Morgan fingerprint density at radius 3 is 2.84 bits per heavy atom. The van der Waals surface area contributed by atoms with Gasteiger partial charge < -0.3 is 0 Å². The van der Waals surface area contributed by atoms with E-state index in [2.05, 4.69) is 37.1 Å². The van der Waals surface area contributed by atoms with E-state index in [0.29, 0.717) is 6.04 Å². The highest BCUT2D eigenvalue weighted by atomic mass is 32.2. The molecule has 7 nitrogen and oxygen atoms in total. The van der Waals surface area contributed by atoms with Crippen molar-refractivity contribution in [2.75, 3.05) is 11.5 Å². The number of nitrogens with one attached hydrogen (secondary N) is 1. The molecule has 1 fully saturated rings. The quantitative estimate of drug-likeness (QED) is 0.694. The van der Waals surface area contributed by atoms with E-state index in [1.165, 1.54) is 0 Å². The van der Waals surface area contributed by atoms with E-state index in [4.69, 9.17) is 0 Å². The molecule has 2 aliphatic rings. The number of thioether (sulfide) groups is 2. The van der Waals surface area contributed by atoms with Gasteiger partial charge in [0.1, 0.15) is 0 Å². The van der Waals surface area contributed by atoms with Gasteiger partial charge in [-0.1, -0.05) is 53.9 Å². The van der Waals surface area contributed by atoms with Crippen LogP contribution in [0, 0.1) is 0 Å². The number of fused-ring (bicyclic) bond motifs is 1. The van der Waals surface area contributed by atoms with Crippen LogP contribution in [0.3, 0.4) is 0 Å². The average Bonchev–Trinajstić information content (AvgIpc) is 3.09. The first-order valence-corrected chi connectivity index (χ1v) is 10.2. The van der Waals surface area contributed by atoms with E-state index in [0.717, 1.165) is 46.0 Å². The zero-order valence-electron chi connectivity index (χ0n) is 13.3. The SMILES string of the molecule is O=c1[nH]nc(SC[C@H]2CSc3nnc(-c4ccccc4)n32)n1C1CC1. The van der Waals surface area contributed by atoms with Gasteiger partial charge in [-0.2, -0.15) is 0 Å². The Morgan fingerprint density at radius 1 is 1.20 bits per heavy atom. The van der Waals surface area contributed by atoms with Crippen molar-refractivity contribution in [3.63, 3.8) is 0 Å². The summed E-state index contributed by atoms with van der Waals surface area (Å²) in [5.74, 6) is 2.72. The van der Waals surface area contributed by atoms with E-state index in [1.54, 1.807) is 28.1 Å². The van der Waals surface area contributed by atoms with Gasteiger partial charge in [-0.15, -0.1) is 15.3 Å². The zero-order valence-corrected chi connectivity index (χ0v) is 15.0. The van der Waals surface area contributed by atoms with Crippen molar-refractivity contribution in [2.45, 2.75) is 35.2 Å². The lowest BCUT2D eigenvalue weighted by Crippen LogP contribution is -2.17. The van der Waals surface area contributed by atoms with Crippen LogP contribution >= 0.6 is 23.5 Å². The number of aromatic amines is 1. The van der Waals surface area contributed by atoms with Crippen molar-refractivity contribution >= 4 is 23.5 Å². The van der Waals surface area contributed by atoms with Crippen LogP contribution in [0.4, 0.5) is 0 Å². The summed E-state index contributed by atoms with van der Waals surface area (Å²) in [6, 6.07) is 10.8. The van der Waals surface area contributed by atoms with E-state index >= 15 is 0 Å². The van der Waals surface area contributed by atoms with E-state index < -0.39 is 0 Å². The molecule has 9 heteroatoms. The molecule has 1 aliphatic heterocycles. The summed E-state index contributed by atoms with van der Waals surface area (Å²) in [5, 5.41) is 17.3. The Balaban J connectivity index is 1.40. The van der Waals surface area contributed by atoms with Crippen molar-refractivity contribution in [2.24, 2.45) is 0 Å². The molecule has 1 aromatic carbocycles. The minimum atomic E-state index is -0.0965. The molecule has 3 aromatic rings. The number of benzene rings is 1. The van der Waals surface area contributed by atoms with Crippen LogP contribution < -0.4 is 5.69 Å². The smallest absolute Gasteiger partial charge is 0.297 e. The third-order valence-electron chi connectivity index (χ3n) is 4.46. The van der Waals surface area contributed by atoms with Gasteiger partial charge in [0.15, 0.2) is 16.1 Å². The second-order valence-electron chi connectivity index (χ2n) is 6.23. The summed E-state index contributed by atoms with van der Waals surface area (Å²) in [7, 11) is 0. The summed E-state index contributed by atoms with van der Waals surface area (Å²) in [5.41, 5.74) is 0.981. The predicted octanol–water partition coefficient (Wildman–Crippen LogP) is 2.60. The molecular formula is C16H16N6OS2. The average molecular weight is 372 g/mol. The predicted molar refractivity (Wildman–Crippen MR) is 97.1 cm³/mol. The molecule has 128 valence electrons. The molecule has 1 aliphatic carbocycles. The fourth-order valence-electron chi connectivity index (χ4n) is 3.07. The second-order valence-corrected chi connectivity index (χ2v) is 8.20. The molecule has 3 heterocycles. The maximum atomic E-state index is 11.9. The molecule has 5 rings (SSSR count). The highest BCUT2D eigenvalue weighted by Crippen LogP contribution is 2.40. The van der Waals surface area contributed by atoms with Gasteiger partial charge in [-0.3, -0.25) is 9.13 Å². The van der Waals surface area contributed by atoms with Gasteiger partial charge in [0, 0.05) is 23.1 Å². The third-order valence-corrected chi connectivity index (χ3v) is 6.64. The monoisotopic (exact) mass is 372 g/mol. The largest absolute Gasteiger partial charge is 0.344 e. The Kier molecular flexibility index (Phi) is 3.70. The topological polar surface area (TPSA) is 81.4 Å². The first-order chi connectivity index (χ1) is 12.3. The summed E-state index contributed by atoms with van der Waals surface area (Å²) in [6.45, 7) is 0. The molecule has 0 bridgehead atoms. The Bertz CT molecular complexity index is 959. The van der Waals surface area contributed by atoms with Crippen LogP contribution in [0.5, 0.6) is 0 Å². The lowest BCUT2D eigenvalue weighted by Gasteiger charge is -2.14. The number of H-pyrrole nitrogens is 1. The minimum absolute atomic E-state index is 0.0965. The number of hydrogen-bond donors (Lipinski definition) is 1. The molecule has 1 atom stereocenters. The van der Waals surface area contributed by atoms with Gasteiger partial charge in [0.05, 0.1) is 6.04 Å². The van der Waals surface area contributed by atoms with Gasteiger partial charge in [0.25, 0.3) is 0 Å². The van der Waals surface area contributed by atoms with E-state index in [1.807, 2.05) is 18.2 Å². The van der Waals surface area contributed by atoms with Crippen LogP contribution in [-0.4, -0.2) is 41.0 Å². The molecule has 0 amide bonds. The highest BCUT2D eigenvalue weighted by Gasteiger charge is 2.31. The summed E-state index contributed by atoms with van der Waals surface area (Å²) in [4.78, 5) is 11.9. The zero-order chi connectivity index (χ0) is 16.8. The molecule has 1 saturated carbocycles. The summed E-state index contributed by atoms with van der Waals surface area (Å²) < 4.78 is 4.02. The van der Waals surface area contributed by atoms with Gasteiger partial charge in [-0.25, -0.2) is 9.89 Å². The summed E-state index contributed by atoms with van der Waals surface area (Å²) >= 11 is 3.37. The van der Waals surface area contributed by atoms with Gasteiger partial charge in [-0.05, 0) is 12.8 Å². The normalized spacial score (nSPS) is 19.3. The molecular weight excluding hydrogens is 356 g/mol. The fraction of sp³-hybridized carbons (Fsp3) is 0.375. The summed E-state index contributed by atoms with van der Waals surface area (Å²) in [6.07, 6.45) is 2.14. The first kappa shape index (κ1) is 15.3. The molecule has 25 heavy (non-hydrogen) atoms. The van der Waals surface area contributed by atoms with Crippen molar-refractivity contribution in [3.05, 3.63) is 40.8 Å². The van der Waals surface area contributed by atoms with Gasteiger partial charge in [0.2, 0.25) is 0 Å². The lowest BCUT2D eigenvalue weighted by atomic mass is 10.2. The number of hydrogen-bond acceptors (Lipinski definition) is 6. The van der Waals surface area contributed by atoms with Crippen LogP contribution in [0.2, 0.25) is 0 Å². The Morgan fingerprint density at radius 2 is 2.04 bits per heavy atom. The van der Waals surface area contributed by atoms with E-state index in [-0.39, 0.29) is 11.7 Å². The Hall–Kier alpha value is -2.00. The second kappa shape index (κ2) is 6.06. The minimum Gasteiger partial charge on any atom is -0.297 e. The van der Waals surface area contributed by atoms with Crippen molar-refractivity contribution in [1.29, 1.82) is 0 Å². The number of nitrogens with zero attached hydrogens (tertiary/aromatic N) is 5. The van der Waals surface area contributed by atoms with Crippen LogP contribution in [0.15, 0.2) is 45.4 Å². The van der Waals surface area contributed by atoms with Crippen LogP contribution in [0.1, 0.15) is 24.9 Å². The Labute approximate surface area is 152 Å². The van der Waals surface area contributed by atoms with Gasteiger partial charge >= 0.3 is 5.69 Å². The molecule has 0 saturated heterocycles. The maximum Gasteiger partial charge on any atom is 0.344 e. The maximum absolute atomic E-state index is 11.9. The van der Waals surface area contributed by atoms with Crippen LogP contribution in [0.25, 0.3) is 11.4 Å². The fourth-order valence-corrected chi connectivity index (χ4v) is 5.39. The van der Waals surface area contributed by atoms with Crippen molar-refractivity contribution in [1.82, 2.24) is 29.5 Å². The number of rotatable bonds is 5. The highest BCUT2D eigenvalue weighted by molar-refractivity contribution is 8.00. The van der Waals surface area contributed by atoms with Crippen molar-refractivity contribution in [3.8, 4) is 11.4 Å². The lowest BCUT2D eigenvalue weighted by molar-refractivity contribution is 0.593. The van der Waals surface area contributed by atoms with Crippen LogP contribution in [-0.2, 0) is 0 Å². The number of aromatic nitrogens is 6. The van der Waals surface area contributed by atoms with Crippen molar-refractivity contribution < 1.29 is 0 Å². The molecule has 0 unspecified atom stereocenters. The molecule has 1 N–H and O–H groups in total.